The van der Waals surface area contributed by atoms with Crippen LogP contribution >= 0.6 is 0 Å². The summed E-state index contributed by atoms with van der Waals surface area (Å²) in [6.45, 7) is 0. The number of aromatic nitrogens is 1. The number of anilines is 1. The second-order valence-corrected chi connectivity index (χ2v) is 8.78. The summed E-state index contributed by atoms with van der Waals surface area (Å²) in [4.78, 5) is 17.0. The lowest BCUT2D eigenvalue weighted by Crippen LogP contribution is -2.60. The number of ether oxygens (including phenoxy) is 1. The van der Waals surface area contributed by atoms with E-state index < -0.39 is 41.3 Å². The van der Waals surface area contributed by atoms with Crippen LogP contribution in [-0.4, -0.2) is 29.8 Å². The largest absolute Gasteiger partial charge is 0.444 e. The molecule has 1 aliphatic rings. The Hall–Kier alpha value is -3.34. The molecule has 0 spiro atoms. The predicted molar refractivity (Wildman–Crippen MR) is 118 cm³/mol. The monoisotopic (exact) mass is 512 g/mol. The van der Waals surface area contributed by atoms with E-state index in [0.717, 1.165) is 13.2 Å². The number of nitrogens with zero attached hydrogens (tertiary/aromatic N) is 1. The third kappa shape index (κ3) is 4.59. The van der Waals surface area contributed by atoms with Crippen molar-refractivity contribution in [3.05, 3.63) is 72.2 Å². The maximum Gasteiger partial charge on any atom is 0.426 e. The van der Waals surface area contributed by atoms with Crippen LogP contribution in [0.25, 0.3) is 11.3 Å². The van der Waals surface area contributed by atoms with Gasteiger partial charge in [0.05, 0.1) is 11.8 Å². The van der Waals surface area contributed by atoms with Crippen molar-refractivity contribution in [2.75, 3.05) is 12.4 Å². The summed E-state index contributed by atoms with van der Waals surface area (Å²) in [5.74, 6) is -1.19. The van der Waals surface area contributed by atoms with E-state index in [1.165, 1.54) is 49.0 Å². The third-order valence-corrected chi connectivity index (χ3v) is 6.71. The molecule has 1 aliphatic carbocycles. The summed E-state index contributed by atoms with van der Waals surface area (Å²) in [6.07, 6.45) is -7.89. The van der Waals surface area contributed by atoms with Crippen LogP contribution in [-0.2, 0) is 21.1 Å². The predicted octanol–water partition coefficient (Wildman–Crippen LogP) is 6.76. The van der Waals surface area contributed by atoms with E-state index in [-0.39, 0.29) is 24.1 Å². The van der Waals surface area contributed by atoms with Gasteiger partial charge in [0.2, 0.25) is 5.60 Å². The first-order valence-corrected chi connectivity index (χ1v) is 11.0. The third-order valence-electron chi connectivity index (χ3n) is 6.71. The van der Waals surface area contributed by atoms with E-state index in [2.05, 4.69) is 10.3 Å². The molecule has 36 heavy (non-hydrogen) atoms. The summed E-state index contributed by atoms with van der Waals surface area (Å²) in [5.41, 5.74) is -5.75. The number of nitrogens with one attached hydrogen (secondary N) is 1. The van der Waals surface area contributed by atoms with Crippen LogP contribution in [0.2, 0.25) is 0 Å². The summed E-state index contributed by atoms with van der Waals surface area (Å²) >= 11 is 0. The fourth-order valence-electron chi connectivity index (χ4n) is 4.74. The summed E-state index contributed by atoms with van der Waals surface area (Å²) in [6, 6.07) is 10.4. The van der Waals surface area contributed by atoms with Gasteiger partial charge >= 0.3 is 12.4 Å². The normalized spacial score (nSPS) is 17.2. The lowest BCUT2D eigenvalue weighted by atomic mass is 9.58. The lowest BCUT2D eigenvalue weighted by molar-refractivity contribution is -0.266. The van der Waals surface area contributed by atoms with Gasteiger partial charge < -0.3 is 14.5 Å². The Bertz CT molecular complexity index is 1220. The van der Waals surface area contributed by atoms with Crippen LogP contribution < -0.4 is 5.32 Å². The molecule has 4 rings (SSSR count). The molecule has 1 N–H and O–H groups in total. The minimum atomic E-state index is -5.22. The Labute approximate surface area is 202 Å². The molecule has 2 aromatic carbocycles. The number of rotatable bonds is 7. The topological polar surface area (TPSA) is 64.4 Å². The van der Waals surface area contributed by atoms with Crippen LogP contribution in [0.15, 0.2) is 65.5 Å². The Kier molecular flexibility index (Phi) is 6.63. The highest BCUT2D eigenvalue weighted by molar-refractivity contribution is 5.98. The number of hydrogen-bond acceptors (Lipinski definition) is 4. The minimum Gasteiger partial charge on any atom is -0.444 e. The molecule has 0 bridgehead atoms. The zero-order valence-electron chi connectivity index (χ0n) is 19.0. The quantitative estimate of drug-likeness (QED) is 0.356. The average molecular weight is 512 g/mol. The number of halogens is 6. The lowest BCUT2D eigenvalue weighted by Gasteiger charge is -2.48. The van der Waals surface area contributed by atoms with Crippen LogP contribution in [0.3, 0.4) is 0 Å². The van der Waals surface area contributed by atoms with E-state index in [1.54, 1.807) is 6.07 Å². The highest BCUT2D eigenvalue weighted by Crippen LogP contribution is 2.55. The molecule has 1 atom stereocenters. The van der Waals surface area contributed by atoms with Gasteiger partial charge in [-0.3, -0.25) is 4.79 Å². The maximum atomic E-state index is 14.5. The number of amides is 1. The number of benzene rings is 2. The molecule has 3 aromatic rings. The van der Waals surface area contributed by atoms with E-state index in [0.29, 0.717) is 17.7 Å². The molecule has 1 unspecified atom stereocenters. The number of carbonyl (C=O) groups is 1. The number of oxazole rings is 1. The van der Waals surface area contributed by atoms with Crippen molar-refractivity contribution in [1.29, 1.82) is 0 Å². The van der Waals surface area contributed by atoms with Crippen LogP contribution in [0.4, 0.5) is 32.0 Å². The van der Waals surface area contributed by atoms with Gasteiger partial charge in [0.1, 0.15) is 0 Å². The molecule has 1 saturated carbocycles. The van der Waals surface area contributed by atoms with Crippen LogP contribution in [0.5, 0.6) is 0 Å². The zero-order valence-corrected chi connectivity index (χ0v) is 19.0. The molecular weight excluding hydrogens is 490 g/mol. The second kappa shape index (κ2) is 9.27. The number of carbonyl (C=O) groups excluding carboxylic acids is 1. The highest BCUT2D eigenvalue weighted by Gasteiger charge is 2.65. The minimum absolute atomic E-state index is 0.0259. The summed E-state index contributed by atoms with van der Waals surface area (Å²) in [5, 5.41) is 2.24. The second-order valence-electron chi connectivity index (χ2n) is 8.78. The van der Waals surface area contributed by atoms with Crippen molar-refractivity contribution >= 4 is 11.6 Å². The van der Waals surface area contributed by atoms with Crippen LogP contribution in [0, 0.1) is 0 Å². The Morgan fingerprint density at radius 2 is 1.81 bits per heavy atom. The molecule has 0 radical (unpaired) electrons. The molecule has 11 heteroatoms. The van der Waals surface area contributed by atoms with Gasteiger partial charge in [-0.05, 0) is 42.0 Å². The van der Waals surface area contributed by atoms with Crippen molar-refractivity contribution in [3.63, 3.8) is 0 Å². The van der Waals surface area contributed by atoms with E-state index in [9.17, 15) is 31.1 Å². The highest BCUT2D eigenvalue weighted by atomic mass is 19.4. The van der Waals surface area contributed by atoms with Gasteiger partial charge in [0.15, 0.2) is 12.2 Å². The molecule has 0 aliphatic heterocycles. The fraction of sp³-hybridized carbons (Fsp3) is 0.360. The van der Waals surface area contributed by atoms with Gasteiger partial charge in [0.25, 0.3) is 5.91 Å². The molecule has 1 heterocycles. The first kappa shape index (κ1) is 25.7. The first-order valence-electron chi connectivity index (χ1n) is 11.0. The van der Waals surface area contributed by atoms with Gasteiger partial charge in [-0.1, -0.05) is 36.8 Å². The molecule has 0 saturated heterocycles. The maximum absolute atomic E-state index is 14.5. The Morgan fingerprint density at radius 1 is 1.08 bits per heavy atom. The van der Waals surface area contributed by atoms with E-state index >= 15 is 0 Å². The number of methoxy groups -OCH3 is 1. The van der Waals surface area contributed by atoms with Gasteiger partial charge in [-0.25, -0.2) is 4.98 Å². The van der Waals surface area contributed by atoms with Gasteiger partial charge in [0, 0.05) is 24.8 Å². The standard InChI is InChI=1S/C25H22F6N2O3/c1-35-23(25(29,30)31,21(34)33-17-7-4-6-16(12-17)20-13-32-15-36-20)14-22(10-5-11-22)18-8-2-3-9-19(18)24(26,27)28/h2-4,6-9,12-13,15H,5,10-11,14H2,1H3,(H,33,34). The van der Waals surface area contributed by atoms with E-state index in [1.807, 2.05) is 0 Å². The number of hydrogen-bond donors (Lipinski definition) is 1. The molecule has 1 aromatic heterocycles. The van der Waals surface area contributed by atoms with Gasteiger partial charge in [-0.2, -0.15) is 26.3 Å². The van der Waals surface area contributed by atoms with Crippen molar-refractivity contribution in [2.24, 2.45) is 0 Å². The van der Waals surface area contributed by atoms with Crippen molar-refractivity contribution in [3.8, 4) is 11.3 Å². The number of alkyl halides is 6. The Morgan fingerprint density at radius 3 is 2.36 bits per heavy atom. The average Bonchev–Trinajstić information content (AvgIpc) is 3.33. The summed E-state index contributed by atoms with van der Waals surface area (Å²) in [7, 11) is 0.736. The Balaban J connectivity index is 1.72. The fourth-order valence-corrected chi connectivity index (χ4v) is 4.74. The molecule has 5 nitrogen and oxygen atoms in total. The molecule has 1 fully saturated rings. The SMILES string of the molecule is COC(CC1(c2ccccc2C(F)(F)F)CCC1)(C(=O)Nc1cccc(-c2cnco2)c1)C(F)(F)F. The summed E-state index contributed by atoms with van der Waals surface area (Å²) < 4.78 is 94.9. The molecule has 1 amide bonds. The molecule has 192 valence electrons. The van der Waals surface area contributed by atoms with Gasteiger partial charge in [-0.15, -0.1) is 0 Å². The first-order chi connectivity index (χ1) is 16.9. The van der Waals surface area contributed by atoms with Crippen LogP contribution in [0.1, 0.15) is 36.8 Å². The van der Waals surface area contributed by atoms with Crippen molar-refractivity contribution in [2.45, 2.75) is 49.1 Å². The smallest absolute Gasteiger partial charge is 0.426 e. The van der Waals surface area contributed by atoms with Crippen molar-refractivity contribution < 1.29 is 40.3 Å². The van der Waals surface area contributed by atoms with E-state index in [4.69, 9.17) is 9.15 Å². The van der Waals surface area contributed by atoms with Crippen molar-refractivity contribution in [1.82, 2.24) is 4.98 Å². The zero-order chi connectivity index (χ0) is 26.2. The molecular formula is C25H22F6N2O3.